The number of hydrogen-bond donors (Lipinski definition) is 1. The van der Waals surface area contributed by atoms with Crippen molar-refractivity contribution in [1.82, 2.24) is 19.1 Å². The summed E-state index contributed by atoms with van der Waals surface area (Å²) in [6.45, 7) is 0.790. The summed E-state index contributed by atoms with van der Waals surface area (Å²) >= 11 is 0. The number of hydrogen-bond acceptors (Lipinski definition) is 5. The summed E-state index contributed by atoms with van der Waals surface area (Å²) in [5.74, 6) is 0.755. The topological polar surface area (TPSA) is 91.1 Å². The van der Waals surface area contributed by atoms with Crippen LogP contribution >= 0.6 is 0 Å². The van der Waals surface area contributed by atoms with Gasteiger partial charge in [-0.25, -0.2) is 4.79 Å². The van der Waals surface area contributed by atoms with Gasteiger partial charge in [0, 0.05) is 7.05 Å². The number of aromatic amines is 1. The van der Waals surface area contributed by atoms with Gasteiger partial charge in [-0.05, 0) is 12.1 Å². The minimum atomic E-state index is -0.497. The van der Waals surface area contributed by atoms with Gasteiger partial charge in [-0.2, -0.15) is 4.98 Å². The van der Waals surface area contributed by atoms with Gasteiger partial charge in [-0.3, -0.25) is 18.9 Å². The highest BCUT2D eigenvalue weighted by Gasteiger charge is 2.29. The van der Waals surface area contributed by atoms with Crippen LogP contribution in [-0.4, -0.2) is 31.8 Å². The average molecular weight is 314 g/mol. The predicted molar refractivity (Wildman–Crippen MR) is 81.9 cm³/mol. The molecule has 3 heterocycles. The van der Waals surface area contributed by atoms with Crippen LogP contribution in [0.4, 0.5) is 0 Å². The largest absolute Gasteiger partial charge is 0.490 e. The number of ether oxygens (including phenoxy) is 2. The van der Waals surface area contributed by atoms with Crippen molar-refractivity contribution in [2.24, 2.45) is 7.05 Å². The van der Waals surface area contributed by atoms with Crippen molar-refractivity contribution in [3.63, 3.8) is 0 Å². The van der Waals surface area contributed by atoms with Gasteiger partial charge in [0.2, 0.25) is 0 Å². The quantitative estimate of drug-likeness (QED) is 0.749. The molecule has 0 saturated heterocycles. The summed E-state index contributed by atoms with van der Waals surface area (Å²) in [6, 6.07) is 9.75. The van der Waals surface area contributed by atoms with E-state index in [1.165, 1.54) is 4.57 Å². The molecule has 2 aromatic heterocycles. The Bertz CT molecular complexity index is 986. The van der Waals surface area contributed by atoms with Gasteiger partial charge in [0.15, 0.2) is 17.3 Å². The SMILES string of the molecule is Cn1c(=O)[nH]c(=O)c2c1nc1n2CC(COc2ccccc2)O1. The van der Waals surface area contributed by atoms with Gasteiger partial charge < -0.3 is 9.47 Å². The van der Waals surface area contributed by atoms with Crippen LogP contribution < -0.4 is 20.7 Å². The molecule has 0 amide bonds. The van der Waals surface area contributed by atoms with Crippen LogP contribution in [0.3, 0.4) is 0 Å². The Hall–Kier alpha value is -3.03. The second kappa shape index (κ2) is 5.01. The molecule has 1 aliphatic rings. The fraction of sp³-hybridized carbons (Fsp3) is 0.267. The Balaban J connectivity index is 1.60. The molecule has 4 rings (SSSR count). The number of fused-ring (bicyclic) bond motifs is 3. The van der Waals surface area contributed by atoms with E-state index in [9.17, 15) is 9.59 Å². The molecular weight excluding hydrogens is 300 g/mol. The predicted octanol–water partition coefficient (Wildman–Crippen LogP) is 0.263. The number of H-pyrrole nitrogens is 1. The lowest BCUT2D eigenvalue weighted by Crippen LogP contribution is -2.30. The van der Waals surface area contributed by atoms with Crippen LogP contribution in [0.2, 0.25) is 0 Å². The summed E-state index contributed by atoms with van der Waals surface area (Å²) in [5.41, 5.74) is -0.307. The fourth-order valence-corrected chi connectivity index (χ4v) is 2.66. The van der Waals surface area contributed by atoms with E-state index in [1.807, 2.05) is 30.3 Å². The molecule has 118 valence electrons. The van der Waals surface area contributed by atoms with Crippen LogP contribution in [0.25, 0.3) is 11.2 Å². The van der Waals surface area contributed by atoms with Crippen molar-refractivity contribution < 1.29 is 9.47 Å². The minimum absolute atomic E-state index is 0.237. The standard InChI is InChI=1S/C15H14N4O4/c1-18-12-11(13(20)17-14(18)21)19-7-10(23-15(19)16-12)8-22-9-5-3-2-4-6-9/h2-6,10H,7-8H2,1H3,(H,17,20,21). The molecule has 1 N–H and O–H groups in total. The highest BCUT2D eigenvalue weighted by Crippen LogP contribution is 2.25. The van der Waals surface area contributed by atoms with Crippen molar-refractivity contribution in [3.05, 3.63) is 51.2 Å². The number of para-hydroxylation sites is 1. The molecule has 1 aromatic carbocycles. The van der Waals surface area contributed by atoms with Crippen molar-refractivity contribution in [3.8, 4) is 11.8 Å². The second-order valence-corrected chi connectivity index (χ2v) is 5.36. The second-order valence-electron chi connectivity index (χ2n) is 5.36. The van der Waals surface area contributed by atoms with Crippen LogP contribution in [0.5, 0.6) is 11.8 Å². The Morgan fingerprint density at radius 2 is 2.13 bits per heavy atom. The van der Waals surface area contributed by atoms with E-state index in [2.05, 4.69) is 9.97 Å². The molecule has 0 bridgehead atoms. The van der Waals surface area contributed by atoms with Crippen molar-refractivity contribution in [1.29, 1.82) is 0 Å². The van der Waals surface area contributed by atoms with Gasteiger partial charge in [-0.15, -0.1) is 0 Å². The number of aryl methyl sites for hydroxylation is 1. The summed E-state index contributed by atoms with van der Waals surface area (Å²) in [6.07, 6.45) is -0.237. The molecule has 0 aliphatic carbocycles. The molecule has 23 heavy (non-hydrogen) atoms. The van der Waals surface area contributed by atoms with Gasteiger partial charge in [0.05, 0.1) is 6.54 Å². The lowest BCUT2D eigenvalue weighted by Gasteiger charge is -2.11. The molecule has 1 atom stereocenters. The van der Waals surface area contributed by atoms with E-state index in [1.54, 1.807) is 11.6 Å². The molecule has 8 nitrogen and oxygen atoms in total. The van der Waals surface area contributed by atoms with E-state index < -0.39 is 11.2 Å². The summed E-state index contributed by atoms with van der Waals surface area (Å²) in [7, 11) is 1.55. The number of nitrogens with zero attached hydrogens (tertiary/aromatic N) is 3. The van der Waals surface area contributed by atoms with E-state index in [0.717, 1.165) is 5.75 Å². The minimum Gasteiger partial charge on any atom is -0.490 e. The number of nitrogens with one attached hydrogen (secondary N) is 1. The summed E-state index contributed by atoms with van der Waals surface area (Å²) in [5, 5.41) is 0. The zero-order valence-electron chi connectivity index (χ0n) is 12.4. The molecule has 0 fully saturated rings. The van der Waals surface area contributed by atoms with E-state index in [-0.39, 0.29) is 6.10 Å². The third kappa shape index (κ3) is 2.19. The van der Waals surface area contributed by atoms with Crippen LogP contribution in [0.1, 0.15) is 0 Å². The Morgan fingerprint density at radius 3 is 2.91 bits per heavy atom. The smallest absolute Gasteiger partial charge is 0.329 e. The maximum Gasteiger partial charge on any atom is 0.329 e. The molecule has 0 saturated carbocycles. The monoisotopic (exact) mass is 314 g/mol. The molecular formula is C15H14N4O4. The lowest BCUT2D eigenvalue weighted by molar-refractivity contribution is 0.144. The first kappa shape index (κ1) is 13.6. The maximum absolute atomic E-state index is 12.0. The molecule has 0 radical (unpaired) electrons. The zero-order valence-corrected chi connectivity index (χ0v) is 12.4. The molecule has 0 spiro atoms. The number of rotatable bonds is 3. The van der Waals surface area contributed by atoms with Crippen molar-refractivity contribution >= 4 is 11.2 Å². The van der Waals surface area contributed by atoms with Gasteiger partial charge in [0.25, 0.3) is 11.6 Å². The summed E-state index contributed by atoms with van der Waals surface area (Å²) in [4.78, 5) is 30.2. The Morgan fingerprint density at radius 1 is 1.35 bits per heavy atom. The highest BCUT2D eigenvalue weighted by molar-refractivity contribution is 5.72. The van der Waals surface area contributed by atoms with Gasteiger partial charge in [0.1, 0.15) is 12.4 Å². The third-order valence-corrected chi connectivity index (χ3v) is 3.81. The van der Waals surface area contributed by atoms with Gasteiger partial charge in [-0.1, -0.05) is 18.2 Å². The molecule has 3 aromatic rings. The first-order valence-electron chi connectivity index (χ1n) is 7.17. The summed E-state index contributed by atoms with van der Waals surface area (Å²) < 4.78 is 14.4. The Kier molecular flexibility index (Phi) is 2.97. The van der Waals surface area contributed by atoms with E-state index in [0.29, 0.717) is 30.3 Å². The average Bonchev–Trinajstić information content (AvgIpc) is 3.09. The molecule has 1 aliphatic heterocycles. The zero-order chi connectivity index (χ0) is 16.0. The first-order valence-corrected chi connectivity index (χ1v) is 7.17. The number of imidazole rings is 1. The highest BCUT2D eigenvalue weighted by atomic mass is 16.6. The molecule has 8 heteroatoms. The number of benzene rings is 1. The first-order chi connectivity index (χ1) is 11.1. The fourth-order valence-electron chi connectivity index (χ4n) is 2.66. The third-order valence-electron chi connectivity index (χ3n) is 3.81. The van der Waals surface area contributed by atoms with Gasteiger partial charge >= 0.3 is 5.69 Å². The van der Waals surface area contributed by atoms with Crippen LogP contribution in [-0.2, 0) is 13.6 Å². The van der Waals surface area contributed by atoms with Crippen LogP contribution in [0, 0.1) is 0 Å². The van der Waals surface area contributed by atoms with E-state index >= 15 is 0 Å². The van der Waals surface area contributed by atoms with E-state index in [4.69, 9.17) is 9.47 Å². The Labute approximate surface area is 129 Å². The van der Waals surface area contributed by atoms with Crippen LogP contribution in [0.15, 0.2) is 39.9 Å². The maximum atomic E-state index is 12.0. The normalized spacial score (nSPS) is 16.3. The lowest BCUT2D eigenvalue weighted by atomic mass is 10.3. The van der Waals surface area contributed by atoms with Crippen molar-refractivity contribution in [2.75, 3.05) is 6.61 Å². The van der Waals surface area contributed by atoms with Crippen molar-refractivity contribution in [2.45, 2.75) is 12.6 Å². The molecule has 1 unspecified atom stereocenters. The number of aromatic nitrogens is 4.